The van der Waals surface area contributed by atoms with E-state index in [1.54, 1.807) is 10.9 Å². The number of nitrogens with zero attached hydrogens (tertiary/aromatic N) is 2. The van der Waals surface area contributed by atoms with E-state index in [-0.39, 0.29) is 17.7 Å². The van der Waals surface area contributed by atoms with E-state index in [4.69, 9.17) is 0 Å². The van der Waals surface area contributed by atoms with Crippen LogP contribution in [0.1, 0.15) is 6.42 Å². The fraction of sp³-hybridized carbons (Fsp3) is 0.500. The van der Waals surface area contributed by atoms with Crippen molar-refractivity contribution in [2.75, 3.05) is 13.1 Å². The lowest BCUT2D eigenvalue weighted by atomic mass is 10.1. The van der Waals surface area contributed by atoms with Crippen LogP contribution >= 0.6 is 0 Å². The van der Waals surface area contributed by atoms with E-state index in [0.29, 0.717) is 26.1 Å². The molecule has 0 radical (unpaired) electrons. The van der Waals surface area contributed by atoms with Gasteiger partial charge in [-0.1, -0.05) is 0 Å². The highest BCUT2D eigenvalue weighted by molar-refractivity contribution is 5.89. The van der Waals surface area contributed by atoms with Crippen LogP contribution in [0.5, 0.6) is 0 Å². The molecule has 6 nitrogen and oxygen atoms in total. The molecule has 0 aliphatic carbocycles. The van der Waals surface area contributed by atoms with Gasteiger partial charge in [-0.05, 0) is 6.07 Å². The highest BCUT2D eigenvalue weighted by Gasteiger charge is 2.27. The van der Waals surface area contributed by atoms with Crippen molar-refractivity contribution in [3.63, 3.8) is 0 Å². The first kappa shape index (κ1) is 10.7. The van der Waals surface area contributed by atoms with Crippen LogP contribution in [0.3, 0.4) is 0 Å². The Morgan fingerprint density at radius 1 is 1.69 bits per heavy atom. The topological polar surface area (TPSA) is 76.0 Å². The average Bonchev–Trinajstić information content (AvgIpc) is 2.89. The predicted octanol–water partition coefficient (Wildman–Crippen LogP) is -0.865. The molecule has 2 N–H and O–H groups in total. The quantitative estimate of drug-likeness (QED) is 0.695. The minimum atomic E-state index is -0.217. The largest absolute Gasteiger partial charge is 0.355 e. The third-order valence-corrected chi connectivity index (χ3v) is 2.55. The molecule has 1 aliphatic heterocycles. The second-order valence-electron chi connectivity index (χ2n) is 3.77. The lowest BCUT2D eigenvalue weighted by molar-refractivity contribution is -0.126. The first-order valence-corrected chi connectivity index (χ1v) is 5.27. The van der Waals surface area contributed by atoms with Gasteiger partial charge >= 0.3 is 0 Å². The van der Waals surface area contributed by atoms with Crippen LogP contribution in [0, 0.1) is 5.92 Å². The van der Waals surface area contributed by atoms with Crippen LogP contribution in [-0.4, -0.2) is 34.7 Å². The molecule has 2 rings (SSSR count). The molecule has 1 saturated heterocycles. The van der Waals surface area contributed by atoms with Gasteiger partial charge in [-0.25, -0.2) is 0 Å². The van der Waals surface area contributed by atoms with Crippen LogP contribution in [-0.2, 0) is 16.1 Å². The van der Waals surface area contributed by atoms with E-state index in [9.17, 15) is 9.59 Å². The Morgan fingerprint density at radius 2 is 2.56 bits per heavy atom. The van der Waals surface area contributed by atoms with E-state index in [1.807, 2.05) is 12.3 Å². The molecule has 0 saturated carbocycles. The fourth-order valence-corrected chi connectivity index (χ4v) is 1.66. The van der Waals surface area contributed by atoms with E-state index in [2.05, 4.69) is 15.7 Å². The van der Waals surface area contributed by atoms with Gasteiger partial charge in [0.25, 0.3) is 0 Å². The summed E-state index contributed by atoms with van der Waals surface area (Å²) >= 11 is 0. The second kappa shape index (κ2) is 4.78. The molecule has 1 atom stereocenters. The van der Waals surface area contributed by atoms with Crippen LogP contribution in [0.2, 0.25) is 0 Å². The Kier molecular flexibility index (Phi) is 3.19. The number of rotatable bonds is 4. The predicted molar refractivity (Wildman–Crippen MR) is 56.4 cm³/mol. The Balaban J connectivity index is 1.70. The minimum Gasteiger partial charge on any atom is -0.355 e. The molecule has 16 heavy (non-hydrogen) atoms. The molecule has 1 aliphatic rings. The van der Waals surface area contributed by atoms with E-state index < -0.39 is 0 Å². The van der Waals surface area contributed by atoms with Crippen LogP contribution in [0.25, 0.3) is 0 Å². The molecule has 1 aromatic rings. The Bertz CT molecular complexity index is 374. The standard InChI is InChI=1S/C10H14N4O2/c15-9-6-8(7-12-9)10(16)11-3-5-14-4-1-2-13-14/h1-2,4,8H,3,5-7H2,(H,11,16)(H,12,15). The lowest BCUT2D eigenvalue weighted by Gasteiger charge is -2.08. The summed E-state index contributed by atoms with van der Waals surface area (Å²) in [6.07, 6.45) is 3.84. The summed E-state index contributed by atoms with van der Waals surface area (Å²) < 4.78 is 1.75. The van der Waals surface area contributed by atoms with Gasteiger partial charge in [-0.3, -0.25) is 14.3 Å². The van der Waals surface area contributed by atoms with E-state index in [1.165, 1.54) is 0 Å². The molecule has 1 aromatic heterocycles. The van der Waals surface area contributed by atoms with Crippen LogP contribution in [0.15, 0.2) is 18.5 Å². The summed E-state index contributed by atoms with van der Waals surface area (Å²) in [5.74, 6) is -0.331. The van der Waals surface area contributed by atoms with Gasteiger partial charge in [0.1, 0.15) is 0 Å². The van der Waals surface area contributed by atoms with Gasteiger partial charge in [0.15, 0.2) is 0 Å². The summed E-state index contributed by atoms with van der Waals surface area (Å²) in [7, 11) is 0. The van der Waals surface area contributed by atoms with Gasteiger partial charge < -0.3 is 10.6 Å². The zero-order chi connectivity index (χ0) is 11.4. The molecule has 0 bridgehead atoms. The summed E-state index contributed by atoms with van der Waals surface area (Å²) in [4.78, 5) is 22.5. The number of amides is 2. The van der Waals surface area contributed by atoms with Crippen molar-refractivity contribution < 1.29 is 9.59 Å². The number of carbonyl (C=O) groups is 2. The zero-order valence-corrected chi connectivity index (χ0v) is 8.85. The summed E-state index contributed by atoms with van der Waals surface area (Å²) in [5, 5.41) is 9.45. The SMILES string of the molecule is O=C1CC(C(=O)NCCn2cccn2)CN1. The van der Waals surface area contributed by atoms with Crippen molar-refractivity contribution in [2.24, 2.45) is 5.92 Å². The maximum atomic E-state index is 11.6. The van der Waals surface area contributed by atoms with Gasteiger partial charge in [0.05, 0.1) is 12.5 Å². The maximum absolute atomic E-state index is 11.6. The smallest absolute Gasteiger partial charge is 0.225 e. The monoisotopic (exact) mass is 222 g/mol. The van der Waals surface area contributed by atoms with Crippen molar-refractivity contribution in [3.05, 3.63) is 18.5 Å². The van der Waals surface area contributed by atoms with Crippen molar-refractivity contribution >= 4 is 11.8 Å². The van der Waals surface area contributed by atoms with Gasteiger partial charge in [-0.2, -0.15) is 5.10 Å². The minimum absolute atomic E-state index is 0.0489. The fourth-order valence-electron chi connectivity index (χ4n) is 1.66. The molecule has 0 aromatic carbocycles. The molecule has 1 unspecified atom stereocenters. The third-order valence-electron chi connectivity index (χ3n) is 2.55. The van der Waals surface area contributed by atoms with E-state index in [0.717, 1.165) is 0 Å². The number of nitrogens with one attached hydrogen (secondary N) is 2. The number of carbonyl (C=O) groups excluding carboxylic acids is 2. The molecular weight excluding hydrogens is 208 g/mol. The number of hydrogen-bond acceptors (Lipinski definition) is 3. The summed E-state index contributed by atoms with van der Waals surface area (Å²) in [6.45, 7) is 1.63. The summed E-state index contributed by atoms with van der Waals surface area (Å²) in [5.41, 5.74) is 0. The first-order chi connectivity index (χ1) is 7.75. The van der Waals surface area contributed by atoms with Crippen molar-refractivity contribution in [2.45, 2.75) is 13.0 Å². The molecule has 86 valence electrons. The highest BCUT2D eigenvalue weighted by Crippen LogP contribution is 2.08. The highest BCUT2D eigenvalue weighted by atomic mass is 16.2. The molecular formula is C10H14N4O2. The van der Waals surface area contributed by atoms with Crippen molar-refractivity contribution in [1.82, 2.24) is 20.4 Å². The number of hydrogen-bond donors (Lipinski definition) is 2. The van der Waals surface area contributed by atoms with Crippen molar-refractivity contribution in [1.29, 1.82) is 0 Å². The number of aromatic nitrogens is 2. The van der Waals surface area contributed by atoms with Crippen molar-refractivity contribution in [3.8, 4) is 0 Å². The zero-order valence-electron chi connectivity index (χ0n) is 8.85. The average molecular weight is 222 g/mol. The molecule has 6 heteroatoms. The maximum Gasteiger partial charge on any atom is 0.225 e. The Hall–Kier alpha value is -1.85. The van der Waals surface area contributed by atoms with Gasteiger partial charge in [-0.15, -0.1) is 0 Å². The third kappa shape index (κ3) is 2.59. The van der Waals surface area contributed by atoms with Crippen LogP contribution in [0.4, 0.5) is 0 Å². The summed E-state index contributed by atoms with van der Waals surface area (Å²) in [6, 6.07) is 1.83. The Labute approximate surface area is 93.0 Å². The van der Waals surface area contributed by atoms with E-state index >= 15 is 0 Å². The normalized spacial score (nSPS) is 19.5. The molecule has 1 fully saturated rings. The lowest BCUT2D eigenvalue weighted by Crippen LogP contribution is -2.34. The molecule has 2 amide bonds. The van der Waals surface area contributed by atoms with Gasteiger partial charge in [0, 0.05) is 31.9 Å². The second-order valence-corrected chi connectivity index (χ2v) is 3.77. The Morgan fingerprint density at radius 3 is 3.19 bits per heavy atom. The molecule has 0 spiro atoms. The first-order valence-electron chi connectivity index (χ1n) is 5.27. The van der Waals surface area contributed by atoms with Gasteiger partial charge in [0.2, 0.25) is 11.8 Å². The molecule has 2 heterocycles. The van der Waals surface area contributed by atoms with Crippen LogP contribution < -0.4 is 10.6 Å².